The number of benzene rings is 1. The number of anilines is 1. The van der Waals surface area contributed by atoms with E-state index in [1.54, 1.807) is 11.8 Å². The van der Waals surface area contributed by atoms with Crippen LogP contribution in [0.25, 0.3) is 0 Å². The van der Waals surface area contributed by atoms with Gasteiger partial charge in [0.1, 0.15) is 6.33 Å². The maximum Gasteiger partial charge on any atom is 0.188 e. The SMILES string of the molecule is c1n[nH]c(Sc2ccc(NCC3CCSC3)cc2)n1. The largest absolute Gasteiger partial charge is 0.385 e. The molecule has 0 amide bonds. The van der Waals surface area contributed by atoms with Crippen LogP contribution in [0.4, 0.5) is 5.69 Å². The topological polar surface area (TPSA) is 53.6 Å². The monoisotopic (exact) mass is 292 g/mol. The van der Waals surface area contributed by atoms with Crippen LogP contribution < -0.4 is 5.32 Å². The van der Waals surface area contributed by atoms with Crippen molar-refractivity contribution in [2.45, 2.75) is 16.5 Å². The molecule has 0 aliphatic carbocycles. The maximum atomic E-state index is 4.10. The third-order valence-corrected chi connectivity index (χ3v) is 5.21. The number of rotatable bonds is 5. The molecule has 1 aromatic carbocycles. The quantitative estimate of drug-likeness (QED) is 0.887. The second-order valence-corrected chi connectivity index (χ2v) is 6.74. The molecule has 1 saturated heterocycles. The molecule has 0 bridgehead atoms. The first-order valence-electron chi connectivity index (χ1n) is 6.35. The summed E-state index contributed by atoms with van der Waals surface area (Å²) in [6.07, 6.45) is 2.87. The van der Waals surface area contributed by atoms with E-state index in [4.69, 9.17) is 0 Å². The zero-order valence-electron chi connectivity index (χ0n) is 10.5. The molecule has 1 aliphatic heterocycles. The first-order valence-corrected chi connectivity index (χ1v) is 8.32. The molecule has 1 aromatic heterocycles. The lowest BCUT2D eigenvalue weighted by Gasteiger charge is -2.11. The highest BCUT2D eigenvalue weighted by Gasteiger charge is 2.14. The number of nitrogens with zero attached hydrogens (tertiary/aromatic N) is 2. The van der Waals surface area contributed by atoms with Crippen LogP contribution in [0.5, 0.6) is 0 Å². The van der Waals surface area contributed by atoms with Gasteiger partial charge in [0.2, 0.25) is 0 Å². The minimum atomic E-state index is 0.823. The van der Waals surface area contributed by atoms with Gasteiger partial charge in [0.15, 0.2) is 5.16 Å². The molecular weight excluding hydrogens is 276 g/mol. The lowest BCUT2D eigenvalue weighted by atomic mass is 10.1. The van der Waals surface area contributed by atoms with Crippen molar-refractivity contribution in [2.24, 2.45) is 5.92 Å². The molecule has 2 aromatic rings. The zero-order chi connectivity index (χ0) is 12.9. The van der Waals surface area contributed by atoms with Crippen molar-refractivity contribution in [3.8, 4) is 0 Å². The molecule has 1 fully saturated rings. The third-order valence-electron chi connectivity index (χ3n) is 3.08. The smallest absolute Gasteiger partial charge is 0.188 e. The Morgan fingerprint density at radius 3 is 2.95 bits per heavy atom. The average Bonchev–Trinajstić information content (AvgIpc) is 3.11. The summed E-state index contributed by atoms with van der Waals surface area (Å²) in [5.41, 5.74) is 1.19. The van der Waals surface area contributed by atoms with E-state index in [0.29, 0.717) is 0 Å². The molecule has 2 heterocycles. The highest BCUT2D eigenvalue weighted by atomic mass is 32.2. The fourth-order valence-corrected chi connectivity index (χ4v) is 3.98. The molecule has 1 aliphatic rings. The summed E-state index contributed by atoms with van der Waals surface area (Å²) >= 11 is 3.65. The fourth-order valence-electron chi connectivity index (χ4n) is 2.00. The van der Waals surface area contributed by atoms with Gasteiger partial charge >= 0.3 is 0 Å². The van der Waals surface area contributed by atoms with Crippen LogP contribution in [0.3, 0.4) is 0 Å². The Morgan fingerprint density at radius 2 is 2.26 bits per heavy atom. The van der Waals surface area contributed by atoms with E-state index in [-0.39, 0.29) is 0 Å². The van der Waals surface area contributed by atoms with Gasteiger partial charge < -0.3 is 5.32 Å². The maximum absolute atomic E-state index is 4.10. The predicted molar refractivity (Wildman–Crippen MR) is 80.9 cm³/mol. The summed E-state index contributed by atoms with van der Waals surface area (Å²) < 4.78 is 0. The number of nitrogens with one attached hydrogen (secondary N) is 2. The van der Waals surface area contributed by atoms with Crippen LogP contribution in [0.2, 0.25) is 0 Å². The van der Waals surface area contributed by atoms with Crippen molar-refractivity contribution in [3.63, 3.8) is 0 Å². The van der Waals surface area contributed by atoms with Gasteiger partial charge in [-0.15, -0.1) is 0 Å². The van der Waals surface area contributed by atoms with Crippen molar-refractivity contribution in [3.05, 3.63) is 30.6 Å². The minimum absolute atomic E-state index is 0.823. The van der Waals surface area contributed by atoms with E-state index < -0.39 is 0 Å². The molecule has 4 nitrogen and oxygen atoms in total. The lowest BCUT2D eigenvalue weighted by molar-refractivity contribution is 0.632. The number of hydrogen-bond donors (Lipinski definition) is 2. The van der Waals surface area contributed by atoms with E-state index in [0.717, 1.165) is 17.6 Å². The van der Waals surface area contributed by atoms with Crippen molar-refractivity contribution >= 4 is 29.2 Å². The molecular formula is C13H16N4S2. The van der Waals surface area contributed by atoms with Gasteiger partial charge in [-0.25, -0.2) is 4.98 Å². The Morgan fingerprint density at radius 1 is 1.37 bits per heavy atom. The van der Waals surface area contributed by atoms with Gasteiger partial charge in [0.25, 0.3) is 0 Å². The molecule has 0 spiro atoms. The van der Waals surface area contributed by atoms with Crippen LogP contribution in [-0.2, 0) is 0 Å². The number of thioether (sulfide) groups is 1. The first kappa shape index (κ1) is 12.9. The van der Waals surface area contributed by atoms with Crippen LogP contribution in [0.15, 0.2) is 40.6 Å². The van der Waals surface area contributed by atoms with Gasteiger partial charge in [-0.2, -0.15) is 16.9 Å². The summed E-state index contributed by atoms with van der Waals surface area (Å²) in [7, 11) is 0. The minimum Gasteiger partial charge on any atom is -0.385 e. The molecule has 0 saturated carbocycles. The van der Waals surface area contributed by atoms with Crippen molar-refractivity contribution in [1.29, 1.82) is 0 Å². The highest BCUT2D eigenvalue weighted by Crippen LogP contribution is 2.26. The van der Waals surface area contributed by atoms with Crippen LogP contribution in [-0.4, -0.2) is 33.2 Å². The van der Waals surface area contributed by atoms with Gasteiger partial charge in [-0.1, -0.05) is 11.8 Å². The molecule has 1 unspecified atom stereocenters. The molecule has 100 valence electrons. The molecule has 6 heteroatoms. The van der Waals surface area contributed by atoms with Crippen molar-refractivity contribution in [1.82, 2.24) is 15.2 Å². The second kappa shape index (κ2) is 6.34. The number of H-pyrrole nitrogens is 1. The zero-order valence-corrected chi connectivity index (χ0v) is 12.1. The first-order chi connectivity index (χ1) is 9.40. The summed E-state index contributed by atoms with van der Waals surface area (Å²) in [4.78, 5) is 5.27. The van der Waals surface area contributed by atoms with E-state index in [9.17, 15) is 0 Å². The van der Waals surface area contributed by atoms with Crippen LogP contribution in [0, 0.1) is 5.92 Å². The predicted octanol–water partition coefficient (Wildman–Crippen LogP) is 3.12. The number of aromatic nitrogens is 3. The van der Waals surface area contributed by atoms with Crippen LogP contribution in [0.1, 0.15) is 6.42 Å². The third kappa shape index (κ3) is 3.67. The fraction of sp³-hybridized carbons (Fsp3) is 0.385. The summed E-state index contributed by atoms with van der Waals surface area (Å²) in [6, 6.07) is 8.47. The standard InChI is InChI=1S/C13H16N4S2/c1-3-12(19-13-15-9-16-17-13)4-2-11(1)14-7-10-5-6-18-8-10/h1-4,9-10,14H,5-8H2,(H,15,16,17). The van der Waals surface area contributed by atoms with E-state index in [2.05, 4.69) is 56.5 Å². The molecule has 2 N–H and O–H groups in total. The molecule has 1 atom stereocenters. The normalized spacial score (nSPS) is 18.6. The summed E-state index contributed by atoms with van der Waals surface area (Å²) in [6.45, 7) is 1.08. The summed E-state index contributed by atoms with van der Waals surface area (Å²) in [5.74, 6) is 3.44. The van der Waals surface area contributed by atoms with Crippen molar-refractivity contribution < 1.29 is 0 Å². The van der Waals surface area contributed by atoms with Crippen molar-refractivity contribution in [2.75, 3.05) is 23.4 Å². The Balaban J connectivity index is 1.53. The number of hydrogen-bond acceptors (Lipinski definition) is 5. The van der Waals surface area contributed by atoms with Gasteiger partial charge in [0.05, 0.1) is 0 Å². The Bertz CT molecular complexity index is 492. The van der Waals surface area contributed by atoms with E-state index in [1.807, 2.05) is 0 Å². The Kier molecular flexibility index (Phi) is 4.30. The van der Waals surface area contributed by atoms with Gasteiger partial charge in [0, 0.05) is 17.1 Å². The van der Waals surface area contributed by atoms with Crippen LogP contribution >= 0.6 is 23.5 Å². The Hall–Kier alpha value is -1.14. The Labute approximate surface area is 121 Å². The van der Waals surface area contributed by atoms with E-state index >= 15 is 0 Å². The molecule has 0 radical (unpaired) electrons. The summed E-state index contributed by atoms with van der Waals surface area (Å²) in [5, 5.41) is 11.0. The highest BCUT2D eigenvalue weighted by molar-refractivity contribution is 7.99. The lowest BCUT2D eigenvalue weighted by Crippen LogP contribution is -2.13. The van der Waals surface area contributed by atoms with Gasteiger partial charge in [-0.3, -0.25) is 5.10 Å². The molecule has 3 rings (SSSR count). The molecule has 19 heavy (non-hydrogen) atoms. The van der Waals surface area contributed by atoms with Gasteiger partial charge in [-0.05, 0) is 48.1 Å². The van der Waals surface area contributed by atoms with E-state index in [1.165, 1.54) is 34.8 Å². The second-order valence-electron chi connectivity index (χ2n) is 4.53. The average molecular weight is 292 g/mol. The number of aromatic amines is 1.